The summed E-state index contributed by atoms with van der Waals surface area (Å²) >= 11 is 0. The number of hydrogen-bond acceptors (Lipinski definition) is 7. The van der Waals surface area contributed by atoms with Crippen LogP contribution in [0.4, 0.5) is 0 Å². The van der Waals surface area contributed by atoms with Crippen LogP contribution in [0, 0.1) is 5.92 Å². The zero-order valence-electron chi connectivity index (χ0n) is 19.5. The molecule has 2 aliphatic rings. The number of benzene rings is 1. The van der Waals surface area contributed by atoms with Crippen molar-refractivity contribution in [3.05, 3.63) is 89.8 Å². The molecule has 1 fully saturated rings. The van der Waals surface area contributed by atoms with Gasteiger partial charge in [0.05, 0.1) is 18.2 Å². The van der Waals surface area contributed by atoms with Crippen molar-refractivity contribution < 1.29 is 28.0 Å². The van der Waals surface area contributed by atoms with Gasteiger partial charge in [0.25, 0.3) is 11.8 Å². The number of allylic oxidation sites excluding steroid dienone is 1. The summed E-state index contributed by atoms with van der Waals surface area (Å²) < 4.78 is 16.3. The van der Waals surface area contributed by atoms with Crippen molar-refractivity contribution >= 4 is 29.6 Å². The Morgan fingerprint density at radius 1 is 1.06 bits per heavy atom. The maximum Gasteiger partial charge on any atom is 0.325 e. The smallest absolute Gasteiger partial charge is 0.325 e. The first-order chi connectivity index (χ1) is 17.6. The van der Waals surface area contributed by atoms with Gasteiger partial charge >= 0.3 is 5.97 Å². The summed E-state index contributed by atoms with van der Waals surface area (Å²) in [6.45, 7) is -0.853. The number of amides is 2. The molecule has 1 aromatic carbocycles. The van der Waals surface area contributed by atoms with Crippen molar-refractivity contribution in [2.45, 2.75) is 25.3 Å². The van der Waals surface area contributed by atoms with E-state index in [2.05, 4.69) is 10.4 Å². The van der Waals surface area contributed by atoms with Gasteiger partial charge in [-0.05, 0) is 67.3 Å². The monoisotopic (exact) mass is 487 g/mol. The Morgan fingerprint density at radius 3 is 2.61 bits per heavy atom. The Labute approximate surface area is 207 Å². The first kappa shape index (κ1) is 23.3. The standard InChI is InChI=1S/C27H25N3O6/c31-23(17-36-24(32)16-28-27(33)18-7-2-1-3-8-18)30-26(22-12-6-14-35-22)21-11-4-9-19(25(21)29-30)15-20-10-5-13-34-20/h1-3,5-8,10,12-15,21,26H,4,9,11,16-17H2,(H,28,33). The molecule has 0 spiro atoms. The van der Waals surface area contributed by atoms with E-state index in [9.17, 15) is 14.4 Å². The van der Waals surface area contributed by atoms with Crippen LogP contribution in [-0.2, 0) is 14.3 Å². The van der Waals surface area contributed by atoms with Gasteiger partial charge in [0.1, 0.15) is 24.1 Å². The maximum absolute atomic E-state index is 13.2. The molecule has 1 N–H and O–H groups in total. The number of nitrogens with one attached hydrogen (secondary N) is 1. The van der Waals surface area contributed by atoms with Crippen molar-refractivity contribution in [1.29, 1.82) is 0 Å². The summed E-state index contributed by atoms with van der Waals surface area (Å²) in [5, 5.41) is 8.52. The van der Waals surface area contributed by atoms with Crippen LogP contribution in [0.3, 0.4) is 0 Å². The fourth-order valence-corrected chi connectivity index (χ4v) is 4.59. The summed E-state index contributed by atoms with van der Waals surface area (Å²) in [6, 6.07) is 15.4. The molecule has 2 aromatic heterocycles. The highest BCUT2D eigenvalue weighted by Crippen LogP contribution is 2.44. The highest BCUT2D eigenvalue weighted by Gasteiger charge is 2.45. The normalized spacial score (nSPS) is 20.1. The molecular weight excluding hydrogens is 462 g/mol. The van der Waals surface area contributed by atoms with Crippen LogP contribution >= 0.6 is 0 Å². The molecule has 0 radical (unpaired) electrons. The van der Waals surface area contributed by atoms with Crippen LogP contribution in [0.15, 0.2) is 86.6 Å². The molecule has 1 aliphatic carbocycles. The number of furan rings is 2. The lowest BCUT2D eigenvalue weighted by Crippen LogP contribution is -2.36. The largest absolute Gasteiger partial charge is 0.467 e. The zero-order chi connectivity index (χ0) is 24.9. The highest BCUT2D eigenvalue weighted by molar-refractivity contribution is 6.08. The van der Waals surface area contributed by atoms with Gasteiger partial charge in [-0.2, -0.15) is 5.10 Å². The van der Waals surface area contributed by atoms with Crippen molar-refractivity contribution in [1.82, 2.24) is 10.3 Å². The number of carbonyl (C=O) groups excluding carboxylic acids is 3. The first-order valence-electron chi connectivity index (χ1n) is 11.8. The number of fused-ring (bicyclic) bond motifs is 1. The number of ether oxygens (including phenoxy) is 1. The second-order valence-corrected chi connectivity index (χ2v) is 8.58. The number of hydrazone groups is 1. The van der Waals surface area contributed by atoms with Gasteiger partial charge in [-0.1, -0.05) is 18.2 Å². The number of nitrogens with zero attached hydrogens (tertiary/aromatic N) is 2. The van der Waals surface area contributed by atoms with Gasteiger partial charge < -0.3 is 18.9 Å². The maximum atomic E-state index is 13.2. The number of carbonyl (C=O) groups is 3. The van der Waals surface area contributed by atoms with Gasteiger partial charge in [0.2, 0.25) is 0 Å². The third-order valence-electron chi connectivity index (χ3n) is 6.24. The minimum Gasteiger partial charge on any atom is -0.467 e. The Hall–Kier alpha value is -4.40. The average Bonchev–Trinajstić information content (AvgIpc) is 3.67. The third kappa shape index (κ3) is 5.00. The lowest BCUT2D eigenvalue weighted by Gasteiger charge is -2.27. The third-order valence-corrected chi connectivity index (χ3v) is 6.24. The van der Waals surface area contributed by atoms with E-state index in [1.54, 1.807) is 48.9 Å². The molecule has 9 heteroatoms. The molecule has 2 atom stereocenters. The minimum absolute atomic E-state index is 0.0454. The molecule has 3 heterocycles. The topological polar surface area (TPSA) is 114 Å². The molecular formula is C27H25N3O6. The molecule has 9 nitrogen and oxygen atoms in total. The molecule has 3 aromatic rings. The van der Waals surface area contributed by atoms with E-state index in [1.165, 1.54) is 5.01 Å². The van der Waals surface area contributed by atoms with Crippen LogP contribution < -0.4 is 5.32 Å². The molecule has 184 valence electrons. The predicted molar refractivity (Wildman–Crippen MR) is 129 cm³/mol. The van der Waals surface area contributed by atoms with E-state index < -0.39 is 30.4 Å². The van der Waals surface area contributed by atoms with E-state index >= 15 is 0 Å². The summed E-state index contributed by atoms with van der Waals surface area (Å²) in [7, 11) is 0. The van der Waals surface area contributed by atoms with E-state index in [4.69, 9.17) is 13.6 Å². The van der Waals surface area contributed by atoms with Crippen molar-refractivity contribution in [2.24, 2.45) is 11.0 Å². The van der Waals surface area contributed by atoms with Gasteiger partial charge in [0, 0.05) is 11.5 Å². The number of rotatable bonds is 7. The second kappa shape index (κ2) is 10.5. The summed E-state index contributed by atoms with van der Waals surface area (Å²) in [6.07, 6.45) is 7.72. The van der Waals surface area contributed by atoms with Crippen LogP contribution in [0.2, 0.25) is 0 Å². The van der Waals surface area contributed by atoms with Crippen LogP contribution in [0.25, 0.3) is 6.08 Å². The Balaban J connectivity index is 1.27. The van der Waals surface area contributed by atoms with Gasteiger partial charge in [-0.15, -0.1) is 0 Å². The van der Waals surface area contributed by atoms with E-state index in [-0.39, 0.29) is 12.5 Å². The fraction of sp³-hybridized carbons (Fsp3) is 0.259. The van der Waals surface area contributed by atoms with Crippen LogP contribution in [0.5, 0.6) is 0 Å². The molecule has 0 saturated heterocycles. The zero-order valence-corrected chi connectivity index (χ0v) is 19.5. The number of hydrogen-bond donors (Lipinski definition) is 1. The van der Waals surface area contributed by atoms with E-state index in [0.717, 1.165) is 36.3 Å². The Bertz CT molecular complexity index is 1280. The molecule has 2 unspecified atom stereocenters. The molecule has 5 rings (SSSR count). The lowest BCUT2D eigenvalue weighted by molar-refractivity contribution is -0.152. The van der Waals surface area contributed by atoms with Crippen molar-refractivity contribution in [2.75, 3.05) is 13.2 Å². The summed E-state index contributed by atoms with van der Waals surface area (Å²) in [5.74, 6) is -0.297. The molecule has 0 bridgehead atoms. The molecule has 1 aliphatic heterocycles. The van der Waals surface area contributed by atoms with E-state index in [1.807, 2.05) is 24.3 Å². The Morgan fingerprint density at radius 2 is 1.86 bits per heavy atom. The molecule has 36 heavy (non-hydrogen) atoms. The number of esters is 1. The van der Waals surface area contributed by atoms with E-state index in [0.29, 0.717) is 11.3 Å². The van der Waals surface area contributed by atoms with Gasteiger partial charge in [-0.25, -0.2) is 5.01 Å². The predicted octanol–water partition coefficient (Wildman–Crippen LogP) is 3.97. The van der Waals surface area contributed by atoms with Crippen molar-refractivity contribution in [3.63, 3.8) is 0 Å². The Kier molecular flexibility index (Phi) is 6.79. The SMILES string of the molecule is O=C(CNC(=O)c1ccccc1)OCC(=O)N1N=C2C(=Cc3ccco3)CCCC2C1c1ccco1. The minimum atomic E-state index is -0.718. The fourth-order valence-electron chi connectivity index (χ4n) is 4.59. The highest BCUT2D eigenvalue weighted by atomic mass is 16.5. The van der Waals surface area contributed by atoms with Crippen molar-refractivity contribution in [3.8, 4) is 0 Å². The van der Waals surface area contributed by atoms with Gasteiger partial charge in [0.15, 0.2) is 6.61 Å². The second-order valence-electron chi connectivity index (χ2n) is 8.58. The van der Waals surface area contributed by atoms with Crippen LogP contribution in [-0.4, -0.2) is 41.7 Å². The molecule has 1 saturated carbocycles. The summed E-state index contributed by atoms with van der Waals surface area (Å²) in [5.41, 5.74) is 2.25. The summed E-state index contributed by atoms with van der Waals surface area (Å²) in [4.78, 5) is 37.5. The average molecular weight is 488 g/mol. The quantitative estimate of drug-likeness (QED) is 0.505. The molecule has 2 amide bonds. The van der Waals surface area contributed by atoms with Gasteiger partial charge in [-0.3, -0.25) is 14.4 Å². The van der Waals surface area contributed by atoms with Crippen LogP contribution in [0.1, 0.15) is 47.2 Å². The lowest BCUT2D eigenvalue weighted by atomic mass is 9.79. The first-order valence-corrected chi connectivity index (χ1v) is 11.8.